The molecule has 0 saturated carbocycles. The second-order valence-electron chi connectivity index (χ2n) is 6.43. The van der Waals surface area contributed by atoms with E-state index in [9.17, 15) is 9.46 Å². The molecular formula is C16H37NO8P2. The molecule has 1 aliphatic heterocycles. The monoisotopic (exact) mass is 433 g/mol. The summed E-state index contributed by atoms with van der Waals surface area (Å²) in [5, 5.41) is 0. The molecule has 27 heavy (non-hydrogen) atoms. The first-order chi connectivity index (χ1) is 12.9. The van der Waals surface area contributed by atoms with Crippen LogP contribution in [0.2, 0.25) is 0 Å². The summed E-state index contributed by atoms with van der Waals surface area (Å²) in [6, 6.07) is 0. The van der Waals surface area contributed by atoms with Crippen molar-refractivity contribution in [1.82, 2.24) is 4.90 Å². The van der Waals surface area contributed by atoms with Crippen LogP contribution in [-0.2, 0) is 32.1 Å². The van der Waals surface area contributed by atoms with Gasteiger partial charge in [-0.3, -0.25) is 0 Å². The Bertz CT molecular complexity index is 425. The molecule has 1 unspecified atom stereocenters. The predicted octanol–water partition coefficient (Wildman–Crippen LogP) is 2.49. The molecule has 1 heterocycles. The number of ether oxygens (including phenoxy) is 2. The van der Waals surface area contributed by atoms with E-state index in [-0.39, 0.29) is 12.5 Å². The molecule has 1 aliphatic rings. The fourth-order valence-electron chi connectivity index (χ4n) is 2.79. The zero-order valence-electron chi connectivity index (χ0n) is 17.1. The molecule has 9 nitrogen and oxygen atoms in total. The van der Waals surface area contributed by atoms with Crippen molar-refractivity contribution in [2.75, 3.05) is 73.6 Å². The van der Waals surface area contributed by atoms with Gasteiger partial charge in [-0.05, 0) is 0 Å². The zero-order chi connectivity index (χ0) is 20.2. The van der Waals surface area contributed by atoms with Crippen molar-refractivity contribution in [1.29, 1.82) is 0 Å². The average Bonchev–Trinajstić information content (AvgIpc) is 2.72. The van der Waals surface area contributed by atoms with Crippen LogP contribution in [-0.4, -0.2) is 89.7 Å². The van der Waals surface area contributed by atoms with Gasteiger partial charge < -0.3 is 0 Å². The van der Waals surface area contributed by atoms with Crippen LogP contribution in [0.5, 0.6) is 0 Å². The summed E-state index contributed by atoms with van der Waals surface area (Å²) in [6.07, 6.45) is 4.52. The topological polar surface area (TPSA) is 95.9 Å². The summed E-state index contributed by atoms with van der Waals surface area (Å²) < 4.78 is 43.9. The molecule has 0 spiro atoms. The normalized spacial score (nSPS) is 19.6. The average molecular weight is 433 g/mol. The Morgan fingerprint density at radius 2 is 1.81 bits per heavy atom. The van der Waals surface area contributed by atoms with Crippen LogP contribution in [0.25, 0.3) is 0 Å². The van der Waals surface area contributed by atoms with E-state index in [4.69, 9.17) is 27.6 Å². The molecule has 1 saturated heterocycles. The van der Waals surface area contributed by atoms with Crippen LogP contribution >= 0.6 is 15.5 Å². The van der Waals surface area contributed by atoms with E-state index in [1.807, 2.05) is 0 Å². The van der Waals surface area contributed by atoms with E-state index >= 15 is 0 Å². The van der Waals surface area contributed by atoms with Crippen LogP contribution < -0.4 is 0 Å². The third-order valence-corrected chi connectivity index (χ3v) is 8.68. The van der Waals surface area contributed by atoms with Gasteiger partial charge >= 0.3 is 163 Å². The van der Waals surface area contributed by atoms with E-state index in [0.717, 1.165) is 38.8 Å². The molecule has 1 N–H and O–H groups in total. The van der Waals surface area contributed by atoms with Crippen LogP contribution in [0.15, 0.2) is 0 Å². The Labute approximate surface area is 163 Å². The summed E-state index contributed by atoms with van der Waals surface area (Å²) in [4.78, 5) is 12.4. The Morgan fingerprint density at radius 1 is 1.11 bits per heavy atom. The number of nitrogens with zero attached hydrogens (tertiary/aromatic N) is 1. The molecule has 0 aromatic rings. The Hall–Kier alpha value is 0.340. The van der Waals surface area contributed by atoms with Gasteiger partial charge in [-0.15, -0.1) is 0 Å². The predicted molar refractivity (Wildman–Crippen MR) is 107 cm³/mol. The maximum absolute atomic E-state index is 12.3. The molecule has 0 aliphatic carbocycles. The van der Waals surface area contributed by atoms with Crippen LogP contribution in [0, 0.1) is 0 Å². The molecule has 0 aromatic heterocycles. The minimum atomic E-state index is -3.15. The van der Waals surface area contributed by atoms with Gasteiger partial charge in [0, 0.05) is 0 Å². The SMILES string of the molecule is COP(=O)(CCN(CCCOC1CCCCO1)CC[PH](O)(OC)OC)OC. The van der Waals surface area contributed by atoms with Gasteiger partial charge in [0.2, 0.25) is 0 Å². The van der Waals surface area contributed by atoms with Crippen molar-refractivity contribution < 1.29 is 37.0 Å². The number of rotatable bonds is 15. The molecule has 0 bridgehead atoms. The van der Waals surface area contributed by atoms with E-state index in [2.05, 4.69) is 4.90 Å². The number of hydrogen-bond acceptors (Lipinski definition) is 9. The van der Waals surface area contributed by atoms with Crippen LogP contribution in [0.3, 0.4) is 0 Å². The van der Waals surface area contributed by atoms with Crippen LogP contribution in [0.1, 0.15) is 25.7 Å². The maximum atomic E-state index is 12.3. The van der Waals surface area contributed by atoms with Gasteiger partial charge in [-0.25, -0.2) is 0 Å². The molecule has 164 valence electrons. The van der Waals surface area contributed by atoms with Crippen molar-refractivity contribution in [3.63, 3.8) is 0 Å². The second kappa shape index (κ2) is 13.5. The van der Waals surface area contributed by atoms with Gasteiger partial charge in [-0.1, -0.05) is 0 Å². The first-order valence-electron chi connectivity index (χ1n) is 9.39. The van der Waals surface area contributed by atoms with Crippen molar-refractivity contribution in [2.24, 2.45) is 0 Å². The number of hydrogen-bond donors (Lipinski definition) is 1. The van der Waals surface area contributed by atoms with Gasteiger partial charge in [0.25, 0.3) is 0 Å². The van der Waals surface area contributed by atoms with Gasteiger partial charge in [-0.2, -0.15) is 0 Å². The summed E-state index contributed by atoms with van der Waals surface area (Å²) in [6.45, 7) is 3.13. The molecule has 1 rings (SSSR count). The van der Waals surface area contributed by atoms with Crippen molar-refractivity contribution in [3.8, 4) is 0 Å². The summed E-state index contributed by atoms with van der Waals surface area (Å²) in [7, 11) is -0.572. The Balaban J connectivity index is 2.46. The second-order valence-corrected chi connectivity index (χ2v) is 11.6. The molecule has 1 fully saturated rings. The third kappa shape index (κ3) is 10.1. The third-order valence-electron chi connectivity index (χ3n) is 4.69. The van der Waals surface area contributed by atoms with Gasteiger partial charge in [0.1, 0.15) is 0 Å². The zero-order valence-corrected chi connectivity index (χ0v) is 18.9. The fourth-order valence-corrected chi connectivity index (χ4v) is 5.00. The van der Waals surface area contributed by atoms with Crippen molar-refractivity contribution in [2.45, 2.75) is 32.0 Å². The van der Waals surface area contributed by atoms with E-state index in [1.54, 1.807) is 0 Å². The minimum absolute atomic E-state index is 0.103. The summed E-state index contributed by atoms with van der Waals surface area (Å²) >= 11 is 0. The summed E-state index contributed by atoms with van der Waals surface area (Å²) in [5.74, 6) is 0. The van der Waals surface area contributed by atoms with Gasteiger partial charge in [0.05, 0.1) is 0 Å². The fraction of sp³-hybridized carbons (Fsp3) is 1.00. The Kier molecular flexibility index (Phi) is 12.7. The first kappa shape index (κ1) is 25.4. The van der Waals surface area contributed by atoms with Gasteiger partial charge in [0.15, 0.2) is 0 Å². The van der Waals surface area contributed by atoms with Crippen molar-refractivity contribution >= 4 is 15.5 Å². The van der Waals surface area contributed by atoms with Crippen LogP contribution in [0.4, 0.5) is 0 Å². The molecule has 0 radical (unpaired) electrons. The Morgan fingerprint density at radius 3 is 2.37 bits per heavy atom. The molecule has 1 atom stereocenters. The molecule has 0 amide bonds. The standard InChI is InChI=1S/C16H37NO8P2/c1-20-26(18,21-2)14-10-17(11-15-27(19,22-3)23-4)9-7-13-25-16-8-5-6-12-24-16/h16,18,26H,5-15H2,1-4H3. The van der Waals surface area contributed by atoms with E-state index in [1.165, 1.54) is 28.4 Å². The van der Waals surface area contributed by atoms with E-state index < -0.39 is 15.5 Å². The molecule has 11 heteroatoms. The van der Waals surface area contributed by atoms with Crippen molar-refractivity contribution in [3.05, 3.63) is 0 Å². The quantitative estimate of drug-likeness (QED) is 0.309. The first-order valence-corrected chi connectivity index (χ1v) is 13.1. The van der Waals surface area contributed by atoms with E-state index in [0.29, 0.717) is 25.9 Å². The summed E-state index contributed by atoms with van der Waals surface area (Å²) in [5.41, 5.74) is 0. The molecule has 0 aromatic carbocycles. The molecular weight excluding hydrogens is 396 g/mol.